The van der Waals surface area contributed by atoms with Gasteiger partial charge in [-0.1, -0.05) is 12.1 Å². The van der Waals surface area contributed by atoms with Crippen LogP contribution in [0.15, 0.2) is 24.3 Å². The molecule has 256 valence electrons. The van der Waals surface area contributed by atoms with Gasteiger partial charge < -0.3 is 34.6 Å². The second-order valence-corrected chi connectivity index (χ2v) is 13.0. The van der Waals surface area contributed by atoms with Gasteiger partial charge in [-0.2, -0.15) is 0 Å². The Morgan fingerprint density at radius 1 is 0.935 bits per heavy atom. The molecule has 2 atom stereocenters. The van der Waals surface area contributed by atoms with Crippen molar-refractivity contribution in [1.82, 2.24) is 25.3 Å². The molecule has 3 amide bonds. The number of amides is 3. The third-order valence-electron chi connectivity index (χ3n) is 9.72. The normalized spacial score (nSPS) is 27.0. The highest BCUT2D eigenvalue weighted by Gasteiger charge is 2.40. The first-order valence-corrected chi connectivity index (χ1v) is 16.7. The highest BCUT2D eigenvalue weighted by molar-refractivity contribution is 5.90. The highest BCUT2D eigenvalue weighted by atomic mass is 19.3. The molecular formula is C33H49F2N5O6. The Morgan fingerprint density at radius 2 is 1.70 bits per heavy atom. The molecule has 0 aromatic heterocycles. The number of carbonyl (C=O) groups excluding carboxylic acids is 3. The highest BCUT2D eigenvalue weighted by Crippen LogP contribution is 2.34. The van der Waals surface area contributed by atoms with Gasteiger partial charge in [0.05, 0.1) is 26.9 Å². The fraction of sp³-hybridized carbons (Fsp3) is 0.727. The number of methoxy groups -OCH3 is 1. The van der Waals surface area contributed by atoms with Crippen LogP contribution < -0.4 is 15.4 Å². The van der Waals surface area contributed by atoms with E-state index in [4.69, 9.17) is 14.2 Å². The molecule has 0 radical (unpaired) electrons. The minimum atomic E-state index is -2.61. The van der Waals surface area contributed by atoms with Crippen molar-refractivity contribution in [2.45, 2.75) is 88.0 Å². The number of hydrogen-bond donors (Lipinski definition) is 2. The molecule has 3 aliphatic heterocycles. The van der Waals surface area contributed by atoms with Gasteiger partial charge in [-0.15, -0.1) is 0 Å². The number of nitrogens with one attached hydrogen (secondary N) is 2. The first kappa shape index (κ1) is 34.5. The summed E-state index contributed by atoms with van der Waals surface area (Å²) in [6.07, 6.45) is 2.90. The Bertz CT molecular complexity index is 1170. The van der Waals surface area contributed by atoms with Gasteiger partial charge >= 0.3 is 0 Å². The zero-order valence-corrected chi connectivity index (χ0v) is 26.9. The summed E-state index contributed by atoms with van der Waals surface area (Å²) in [4.78, 5) is 46.4. The molecule has 0 bridgehead atoms. The quantitative estimate of drug-likeness (QED) is 0.483. The summed E-state index contributed by atoms with van der Waals surface area (Å²) in [6, 6.07) is 7.02. The van der Waals surface area contributed by atoms with E-state index in [2.05, 4.69) is 21.6 Å². The molecule has 1 aliphatic carbocycles. The molecule has 3 saturated heterocycles. The maximum absolute atomic E-state index is 13.9. The second-order valence-electron chi connectivity index (χ2n) is 13.0. The third kappa shape index (κ3) is 9.58. The van der Waals surface area contributed by atoms with E-state index in [-0.39, 0.29) is 88.2 Å². The minimum absolute atomic E-state index is 0.0338. The van der Waals surface area contributed by atoms with Crippen molar-refractivity contribution >= 4 is 17.7 Å². The summed E-state index contributed by atoms with van der Waals surface area (Å²) in [5.74, 6) is -2.58. The Morgan fingerprint density at radius 3 is 2.46 bits per heavy atom. The molecular weight excluding hydrogens is 600 g/mol. The number of piperidine rings is 2. The lowest BCUT2D eigenvalue weighted by Gasteiger charge is -2.43. The van der Waals surface area contributed by atoms with Gasteiger partial charge in [0.2, 0.25) is 23.6 Å². The maximum atomic E-state index is 13.9. The van der Waals surface area contributed by atoms with Crippen molar-refractivity contribution in [3.05, 3.63) is 29.8 Å². The molecule has 1 aromatic carbocycles. The van der Waals surface area contributed by atoms with Crippen molar-refractivity contribution in [2.24, 2.45) is 0 Å². The molecule has 4 aliphatic rings. The Balaban J connectivity index is 1.24. The zero-order valence-electron chi connectivity index (χ0n) is 26.9. The van der Waals surface area contributed by atoms with Crippen molar-refractivity contribution in [2.75, 3.05) is 66.3 Å². The van der Waals surface area contributed by atoms with Gasteiger partial charge in [-0.05, 0) is 56.2 Å². The van der Waals surface area contributed by atoms with E-state index in [1.165, 1.54) is 0 Å². The van der Waals surface area contributed by atoms with Crippen LogP contribution in [0, 0.1) is 0 Å². The van der Waals surface area contributed by atoms with E-state index in [9.17, 15) is 23.2 Å². The molecule has 1 saturated carbocycles. The monoisotopic (exact) mass is 649 g/mol. The summed E-state index contributed by atoms with van der Waals surface area (Å²) >= 11 is 0. The molecule has 4 fully saturated rings. The second kappa shape index (κ2) is 16.3. The van der Waals surface area contributed by atoms with E-state index < -0.39 is 12.0 Å². The number of nitrogens with zero attached hydrogens (tertiary/aromatic N) is 3. The van der Waals surface area contributed by atoms with Crippen molar-refractivity contribution in [1.29, 1.82) is 0 Å². The van der Waals surface area contributed by atoms with E-state index in [1.807, 2.05) is 18.2 Å². The number of benzene rings is 1. The van der Waals surface area contributed by atoms with Crippen molar-refractivity contribution in [3.8, 4) is 5.75 Å². The summed E-state index contributed by atoms with van der Waals surface area (Å²) < 4.78 is 44.0. The van der Waals surface area contributed by atoms with Crippen LogP contribution in [0.4, 0.5) is 8.78 Å². The fourth-order valence-corrected chi connectivity index (χ4v) is 7.11. The molecule has 0 spiro atoms. The van der Waals surface area contributed by atoms with Crippen LogP contribution in [0.1, 0.15) is 56.9 Å². The lowest BCUT2D eigenvalue weighted by Crippen LogP contribution is -2.60. The molecule has 11 nitrogen and oxygen atoms in total. The molecule has 13 heteroatoms. The predicted molar refractivity (Wildman–Crippen MR) is 167 cm³/mol. The summed E-state index contributed by atoms with van der Waals surface area (Å²) in [5, 5.41) is 6.41. The average molecular weight is 650 g/mol. The van der Waals surface area contributed by atoms with Gasteiger partial charge in [-0.3, -0.25) is 19.3 Å². The summed E-state index contributed by atoms with van der Waals surface area (Å²) in [6.45, 7) is 3.45. The minimum Gasteiger partial charge on any atom is -0.497 e. The van der Waals surface area contributed by atoms with E-state index >= 15 is 0 Å². The molecule has 0 unspecified atom stereocenters. The summed E-state index contributed by atoms with van der Waals surface area (Å²) in [7, 11) is 1.65. The number of alkyl halides is 2. The summed E-state index contributed by atoms with van der Waals surface area (Å²) in [5.41, 5.74) is 1.15. The van der Waals surface area contributed by atoms with Gasteiger partial charge in [0, 0.05) is 63.7 Å². The number of rotatable bonds is 6. The average Bonchev–Trinajstić information content (AvgIpc) is 3.06. The molecule has 46 heavy (non-hydrogen) atoms. The number of likely N-dealkylation sites (tertiary alicyclic amines) is 1. The lowest BCUT2D eigenvalue weighted by atomic mass is 9.89. The van der Waals surface area contributed by atoms with Crippen molar-refractivity contribution < 1.29 is 37.4 Å². The van der Waals surface area contributed by atoms with E-state index in [1.54, 1.807) is 16.9 Å². The Hall–Kier alpha value is -2.87. The van der Waals surface area contributed by atoms with Gasteiger partial charge in [0.1, 0.15) is 24.9 Å². The van der Waals surface area contributed by atoms with E-state index in [0.29, 0.717) is 45.1 Å². The number of hydrogen-bond acceptors (Lipinski definition) is 8. The molecule has 1 aromatic rings. The van der Waals surface area contributed by atoms with Crippen LogP contribution in [0.25, 0.3) is 0 Å². The van der Waals surface area contributed by atoms with Crippen LogP contribution in [0.2, 0.25) is 0 Å². The number of ether oxygens (including phenoxy) is 3. The number of fused-ring (bicyclic) bond motifs is 1. The zero-order chi connectivity index (χ0) is 32.5. The maximum Gasteiger partial charge on any atom is 0.249 e. The lowest BCUT2D eigenvalue weighted by molar-refractivity contribution is -0.150. The first-order chi connectivity index (χ1) is 22.2. The van der Waals surface area contributed by atoms with E-state index in [0.717, 1.165) is 30.9 Å². The topological polar surface area (TPSA) is 113 Å². The largest absolute Gasteiger partial charge is 0.497 e. The van der Waals surface area contributed by atoms with Gasteiger partial charge in [0.15, 0.2) is 0 Å². The Kier molecular flexibility index (Phi) is 12.2. The SMILES string of the molecule is COc1cccc(CN2CCC(N3CC(=O)N4CC[C@@H](NC5CCC(F)(F)CC5)C[C@H]4C(=O)NCCOCCOCC3=O)CC2)c1. The third-order valence-corrected chi connectivity index (χ3v) is 9.72. The molecule has 5 rings (SSSR count). The first-order valence-electron chi connectivity index (χ1n) is 16.7. The van der Waals surface area contributed by atoms with Gasteiger partial charge in [-0.25, -0.2) is 8.78 Å². The van der Waals surface area contributed by atoms with Crippen molar-refractivity contribution in [3.63, 3.8) is 0 Å². The van der Waals surface area contributed by atoms with Crippen LogP contribution in [-0.2, 0) is 30.4 Å². The van der Waals surface area contributed by atoms with Gasteiger partial charge in [0.25, 0.3) is 0 Å². The molecule has 3 heterocycles. The van der Waals surface area contributed by atoms with Crippen LogP contribution in [-0.4, -0.2) is 129 Å². The number of carbonyl (C=O) groups is 3. The molecule has 2 N–H and O–H groups in total. The smallest absolute Gasteiger partial charge is 0.249 e. The fourth-order valence-electron chi connectivity index (χ4n) is 7.11. The van der Waals surface area contributed by atoms with Crippen LogP contribution in [0.3, 0.4) is 0 Å². The Labute approximate surface area is 270 Å². The van der Waals surface area contributed by atoms with Crippen LogP contribution in [0.5, 0.6) is 5.75 Å². The van der Waals surface area contributed by atoms with Crippen LogP contribution >= 0.6 is 0 Å². The predicted octanol–water partition coefficient (Wildman–Crippen LogP) is 2.18. The number of halogens is 2. The standard InChI is InChI=1S/C33H49F2N5O6/c1-44-28-4-2-3-24(19-28)21-38-13-8-27(9-14-38)40-22-30(41)39-15-7-26(37-25-5-10-33(34,35)11-6-25)20-29(39)32(43)36-12-16-45-17-18-46-23-31(40)42/h2-4,19,25-27,29,37H,5-18,20-23H2,1H3,(H,36,43)/t26-,29+/m1/s1.